The van der Waals surface area contributed by atoms with Crippen molar-refractivity contribution >= 4 is 45.4 Å². The number of carbonyl (C=O) groups is 1. The minimum atomic E-state index is -1.01. The first-order valence-corrected chi connectivity index (χ1v) is 7.22. The Labute approximate surface area is 111 Å². The molecule has 0 aliphatic rings. The molecular formula is C10H12INO3S. The molecule has 0 aromatic heterocycles. The third-order valence-electron chi connectivity index (χ3n) is 1.99. The van der Waals surface area contributed by atoms with Crippen LogP contribution in [0.4, 0.5) is 5.69 Å². The summed E-state index contributed by atoms with van der Waals surface area (Å²) in [7, 11) is 1.31. The smallest absolute Gasteiger partial charge is 0.338 e. The van der Waals surface area contributed by atoms with Gasteiger partial charge in [-0.15, -0.1) is 0 Å². The SMILES string of the molecule is COC(=O)c1cc(N)c(I)cc1C[S+](C)[O-]. The van der Waals surface area contributed by atoms with Gasteiger partial charge in [-0.25, -0.2) is 4.79 Å². The summed E-state index contributed by atoms with van der Waals surface area (Å²) in [5, 5.41) is 0. The molecule has 0 spiro atoms. The second-order valence-corrected chi connectivity index (χ2v) is 5.84. The van der Waals surface area contributed by atoms with E-state index in [1.54, 1.807) is 18.4 Å². The standard InChI is InChI=1S/C10H12INO3S/c1-15-10(13)7-4-9(12)8(11)3-6(7)5-16(2)14/h3-4H,5,12H2,1-2H3. The highest BCUT2D eigenvalue weighted by Crippen LogP contribution is 2.23. The third-order valence-corrected chi connectivity index (χ3v) is 3.64. The van der Waals surface area contributed by atoms with E-state index in [4.69, 9.17) is 5.73 Å². The summed E-state index contributed by atoms with van der Waals surface area (Å²) in [4.78, 5) is 11.5. The van der Waals surface area contributed by atoms with E-state index in [0.717, 1.165) is 3.57 Å². The first kappa shape index (κ1) is 13.6. The number of methoxy groups -OCH3 is 1. The van der Waals surface area contributed by atoms with Crippen molar-refractivity contribution in [1.82, 2.24) is 0 Å². The maximum Gasteiger partial charge on any atom is 0.338 e. The number of benzene rings is 1. The quantitative estimate of drug-likeness (QED) is 0.387. The number of halogens is 1. The molecule has 16 heavy (non-hydrogen) atoms. The number of nitrogens with two attached hydrogens (primary N) is 1. The molecule has 2 N–H and O–H groups in total. The fourth-order valence-corrected chi connectivity index (χ4v) is 2.48. The average Bonchev–Trinajstić information content (AvgIpc) is 2.21. The lowest BCUT2D eigenvalue weighted by molar-refractivity contribution is 0.0600. The van der Waals surface area contributed by atoms with Crippen LogP contribution in [0.1, 0.15) is 15.9 Å². The normalized spacial score (nSPS) is 12.2. The van der Waals surface area contributed by atoms with Crippen molar-refractivity contribution in [3.8, 4) is 0 Å². The van der Waals surface area contributed by atoms with Crippen LogP contribution in [-0.2, 0) is 21.7 Å². The second kappa shape index (κ2) is 5.74. The molecule has 0 aliphatic heterocycles. The van der Waals surface area contributed by atoms with Crippen molar-refractivity contribution < 1.29 is 14.1 Å². The van der Waals surface area contributed by atoms with E-state index in [1.165, 1.54) is 7.11 Å². The van der Waals surface area contributed by atoms with Crippen LogP contribution in [0.3, 0.4) is 0 Å². The van der Waals surface area contributed by atoms with Gasteiger partial charge in [0.1, 0.15) is 5.75 Å². The molecule has 0 aliphatic carbocycles. The predicted molar refractivity (Wildman–Crippen MR) is 72.7 cm³/mol. The molecule has 1 rings (SSSR count). The molecule has 0 bridgehead atoms. The van der Waals surface area contributed by atoms with Gasteiger partial charge in [-0.1, -0.05) is 11.2 Å². The topological polar surface area (TPSA) is 75.4 Å². The molecule has 0 saturated heterocycles. The first-order valence-electron chi connectivity index (χ1n) is 4.42. The van der Waals surface area contributed by atoms with Crippen LogP contribution in [0.5, 0.6) is 0 Å². The zero-order valence-electron chi connectivity index (χ0n) is 8.95. The van der Waals surface area contributed by atoms with Crippen LogP contribution in [0.25, 0.3) is 0 Å². The molecular weight excluding hydrogens is 341 g/mol. The van der Waals surface area contributed by atoms with E-state index in [-0.39, 0.29) is 0 Å². The van der Waals surface area contributed by atoms with Crippen LogP contribution in [-0.4, -0.2) is 23.9 Å². The molecule has 0 fully saturated rings. The van der Waals surface area contributed by atoms with E-state index in [1.807, 2.05) is 0 Å². The molecule has 0 heterocycles. The van der Waals surface area contributed by atoms with E-state index in [0.29, 0.717) is 22.6 Å². The van der Waals surface area contributed by atoms with E-state index in [9.17, 15) is 9.35 Å². The molecule has 0 amide bonds. The van der Waals surface area contributed by atoms with Gasteiger partial charge in [0.15, 0.2) is 0 Å². The Kier molecular flexibility index (Phi) is 4.88. The van der Waals surface area contributed by atoms with Crippen LogP contribution in [0, 0.1) is 3.57 Å². The molecule has 1 aromatic rings. The van der Waals surface area contributed by atoms with Gasteiger partial charge in [-0.3, -0.25) is 0 Å². The first-order chi connectivity index (χ1) is 7.45. The average molecular weight is 353 g/mol. The highest BCUT2D eigenvalue weighted by atomic mass is 127. The molecule has 6 heteroatoms. The number of carbonyl (C=O) groups excluding carboxylic acids is 1. The molecule has 1 atom stereocenters. The minimum absolute atomic E-state index is 0.320. The maximum atomic E-state index is 11.5. The van der Waals surface area contributed by atoms with Crippen LogP contribution >= 0.6 is 22.6 Å². The lowest BCUT2D eigenvalue weighted by Crippen LogP contribution is -2.11. The van der Waals surface area contributed by atoms with E-state index < -0.39 is 17.1 Å². The molecule has 4 nitrogen and oxygen atoms in total. The Balaban J connectivity index is 3.21. The van der Waals surface area contributed by atoms with Gasteiger partial charge in [-0.05, 0) is 34.7 Å². The van der Waals surface area contributed by atoms with Gasteiger partial charge in [-0.2, -0.15) is 0 Å². The van der Waals surface area contributed by atoms with Gasteiger partial charge in [0.05, 0.1) is 18.9 Å². The summed E-state index contributed by atoms with van der Waals surface area (Å²) in [6, 6.07) is 3.33. The number of nitrogen functional groups attached to an aromatic ring is 1. The van der Waals surface area contributed by atoms with Crippen molar-refractivity contribution in [2.45, 2.75) is 5.75 Å². The number of anilines is 1. The van der Waals surface area contributed by atoms with Crippen LogP contribution in [0.2, 0.25) is 0 Å². The second-order valence-electron chi connectivity index (χ2n) is 3.24. The fourth-order valence-electron chi connectivity index (χ4n) is 1.27. The van der Waals surface area contributed by atoms with Gasteiger partial charge in [0.2, 0.25) is 0 Å². The van der Waals surface area contributed by atoms with E-state index in [2.05, 4.69) is 27.3 Å². The number of esters is 1. The number of ether oxygens (including phenoxy) is 1. The monoisotopic (exact) mass is 353 g/mol. The Morgan fingerprint density at radius 2 is 2.25 bits per heavy atom. The fraction of sp³-hybridized carbons (Fsp3) is 0.300. The zero-order valence-corrected chi connectivity index (χ0v) is 11.9. The maximum absolute atomic E-state index is 11.5. The number of hydrogen-bond donors (Lipinski definition) is 1. The Hall–Kier alpha value is -0.470. The van der Waals surface area contributed by atoms with Crippen molar-refractivity contribution in [1.29, 1.82) is 0 Å². The zero-order chi connectivity index (χ0) is 12.3. The van der Waals surface area contributed by atoms with Crippen molar-refractivity contribution in [2.24, 2.45) is 0 Å². The van der Waals surface area contributed by atoms with Gasteiger partial charge in [0.25, 0.3) is 0 Å². The Bertz CT molecular complexity index is 409. The summed E-state index contributed by atoms with van der Waals surface area (Å²) in [6.45, 7) is 0. The lowest BCUT2D eigenvalue weighted by atomic mass is 10.1. The summed E-state index contributed by atoms with van der Waals surface area (Å²) >= 11 is 1.06. The highest BCUT2D eigenvalue weighted by molar-refractivity contribution is 14.1. The molecule has 0 radical (unpaired) electrons. The van der Waals surface area contributed by atoms with Gasteiger partial charge >= 0.3 is 5.97 Å². The summed E-state index contributed by atoms with van der Waals surface area (Å²) < 4.78 is 16.7. The summed E-state index contributed by atoms with van der Waals surface area (Å²) in [5.74, 6) is -0.135. The Morgan fingerprint density at radius 3 is 2.75 bits per heavy atom. The highest BCUT2D eigenvalue weighted by Gasteiger charge is 2.17. The molecule has 1 unspecified atom stereocenters. The Morgan fingerprint density at radius 1 is 1.62 bits per heavy atom. The number of hydrogen-bond acceptors (Lipinski definition) is 4. The largest absolute Gasteiger partial charge is 0.616 e. The lowest BCUT2D eigenvalue weighted by Gasteiger charge is -2.11. The predicted octanol–water partition coefficient (Wildman–Crippen LogP) is 1.54. The molecule has 1 aromatic carbocycles. The summed E-state index contributed by atoms with van der Waals surface area (Å²) in [6.07, 6.45) is 1.59. The number of rotatable bonds is 3. The van der Waals surface area contributed by atoms with E-state index >= 15 is 0 Å². The molecule has 0 saturated carbocycles. The minimum Gasteiger partial charge on any atom is -0.616 e. The van der Waals surface area contributed by atoms with Crippen LogP contribution in [0.15, 0.2) is 12.1 Å². The van der Waals surface area contributed by atoms with Crippen molar-refractivity contribution in [2.75, 3.05) is 19.1 Å². The van der Waals surface area contributed by atoms with Gasteiger partial charge in [0, 0.05) is 14.8 Å². The third kappa shape index (κ3) is 3.26. The summed E-state index contributed by atoms with van der Waals surface area (Å²) in [5.41, 5.74) is 7.33. The van der Waals surface area contributed by atoms with Crippen molar-refractivity contribution in [3.63, 3.8) is 0 Å². The van der Waals surface area contributed by atoms with Crippen molar-refractivity contribution in [3.05, 3.63) is 26.8 Å². The van der Waals surface area contributed by atoms with Crippen LogP contribution < -0.4 is 5.73 Å². The van der Waals surface area contributed by atoms with Gasteiger partial charge < -0.3 is 15.0 Å². The molecule has 88 valence electrons.